The van der Waals surface area contributed by atoms with Crippen LogP contribution in [0.5, 0.6) is 0 Å². The van der Waals surface area contributed by atoms with Crippen LogP contribution in [-0.4, -0.2) is 0 Å². The van der Waals surface area contributed by atoms with Crippen molar-refractivity contribution in [2.75, 3.05) is 0 Å². The molecule has 0 radical (unpaired) electrons. The third-order valence-corrected chi connectivity index (χ3v) is 7.71. The van der Waals surface area contributed by atoms with Gasteiger partial charge < -0.3 is 0 Å². The maximum atomic E-state index is 2.56. The molecule has 0 nitrogen and oxygen atoms in total. The van der Waals surface area contributed by atoms with E-state index in [2.05, 4.69) is 50.3 Å². The van der Waals surface area contributed by atoms with E-state index in [0.29, 0.717) is 0 Å². The topological polar surface area (TPSA) is 0 Å². The van der Waals surface area contributed by atoms with Crippen molar-refractivity contribution in [3.8, 4) is 0 Å². The summed E-state index contributed by atoms with van der Waals surface area (Å²) in [6.45, 7) is 4.63. The molecule has 2 atom stereocenters. The van der Waals surface area contributed by atoms with Crippen molar-refractivity contribution in [3.63, 3.8) is 0 Å². The molecular weight excluding hydrogens is 360 g/mol. The molecule has 1 aromatic rings. The summed E-state index contributed by atoms with van der Waals surface area (Å²) in [5.74, 6) is 1.85. The van der Waals surface area contributed by atoms with Gasteiger partial charge in [0.15, 0.2) is 0 Å². The molecule has 0 heteroatoms. The highest BCUT2D eigenvalue weighted by molar-refractivity contribution is 5.71. The Morgan fingerprint density at radius 3 is 1.60 bits per heavy atom. The van der Waals surface area contributed by atoms with Crippen molar-refractivity contribution in [3.05, 3.63) is 47.5 Å². The van der Waals surface area contributed by atoms with E-state index in [1.165, 1.54) is 114 Å². The molecule has 0 aromatic heterocycles. The number of allylic oxidation sites excluding steroid dienone is 4. The highest BCUT2D eigenvalue weighted by atomic mass is 14.2. The zero-order valence-electron chi connectivity index (χ0n) is 19.9. The first-order valence-electron chi connectivity index (χ1n) is 13.3. The first-order valence-corrected chi connectivity index (χ1v) is 13.3. The number of hydrogen-bond donors (Lipinski definition) is 0. The molecule has 0 saturated carbocycles. The number of hydrogen-bond acceptors (Lipinski definition) is 0. The van der Waals surface area contributed by atoms with Gasteiger partial charge >= 0.3 is 0 Å². The van der Waals surface area contributed by atoms with Crippen LogP contribution < -0.4 is 0 Å². The molecule has 3 rings (SSSR count). The van der Waals surface area contributed by atoms with E-state index >= 15 is 0 Å². The van der Waals surface area contributed by atoms with Crippen molar-refractivity contribution < 1.29 is 0 Å². The van der Waals surface area contributed by atoms with E-state index in [-0.39, 0.29) is 0 Å². The third-order valence-electron chi connectivity index (χ3n) is 7.71. The Hall–Kier alpha value is -1.30. The lowest BCUT2D eigenvalue weighted by atomic mass is 9.82. The molecule has 0 spiro atoms. The second-order valence-electron chi connectivity index (χ2n) is 9.99. The summed E-state index contributed by atoms with van der Waals surface area (Å²) >= 11 is 0. The summed E-state index contributed by atoms with van der Waals surface area (Å²) in [5, 5.41) is 0. The molecule has 2 unspecified atom stereocenters. The van der Waals surface area contributed by atoms with Gasteiger partial charge in [-0.15, -0.1) is 0 Å². The fraction of sp³-hybridized carbons (Fsp3) is 0.667. The molecule has 0 amide bonds. The number of rotatable bonds is 12. The van der Waals surface area contributed by atoms with Gasteiger partial charge in [0.1, 0.15) is 0 Å². The minimum atomic E-state index is 0.916. The molecule has 0 N–H and O–H groups in total. The maximum absolute atomic E-state index is 2.56. The van der Waals surface area contributed by atoms with E-state index in [1.807, 2.05) is 0 Å². The van der Waals surface area contributed by atoms with Crippen LogP contribution in [-0.2, 0) is 0 Å². The Kier molecular flexibility index (Phi) is 10.3. The summed E-state index contributed by atoms with van der Waals surface area (Å²) in [7, 11) is 0. The molecule has 0 aliphatic heterocycles. The summed E-state index contributed by atoms with van der Waals surface area (Å²) in [4.78, 5) is 0. The van der Waals surface area contributed by atoms with Crippen LogP contribution in [0.15, 0.2) is 36.4 Å². The van der Waals surface area contributed by atoms with Crippen LogP contribution in [0.1, 0.15) is 128 Å². The van der Waals surface area contributed by atoms with Gasteiger partial charge in [-0.25, -0.2) is 0 Å². The first-order chi connectivity index (χ1) is 14.8. The lowest BCUT2D eigenvalue weighted by Gasteiger charge is -2.23. The maximum Gasteiger partial charge on any atom is -0.0227 e. The quantitative estimate of drug-likeness (QED) is 0.303. The summed E-state index contributed by atoms with van der Waals surface area (Å²) in [5.41, 5.74) is 6.09. The molecular formula is C30H46. The minimum absolute atomic E-state index is 0.916. The molecule has 2 aliphatic rings. The lowest BCUT2D eigenvalue weighted by Crippen LogP contribution is -2.06. The van der Waals surface area contributed by atoms with E-state index in [9.17, 15) is 0 Å². The summed E-state index contributed by atoms with van der Waals surface area (Å²) in [6, 6.07) is 9.52. The SMILES string of the molecule is CCCCCCCCCCC1CC=C(c2ccc(C3=CCC(CC)CC3)cc2)CC1. The van der Waals surface area contributed by atoms with Crippen LogP contribution in [0.3, 0.4) is 0 Å². The lowest BCUT2D eigenvalue weighted by molar-refractivity contribution is 0.422. The predicted octanol–water partition coefficient (Wildman–Crippen LogP) is 9.99. The fourth-order valence-electron chi connectivity index (χ4n) is 5.40. The van der Waals surface area contributed by atoms with Crippen molar-refractivity contribution >= 4 is 11.1 Å². The molecule has 30 heavy (non-hydrogen) atoms. The van der Waals surface area contributed by atoms with Gasteiger partial charge in [0.05, 0.1) is 0 Å². The van der Waals surface area contributed by atoms with E-state index < -0.39 is 0 Å². The molecule has 2 aliphatic carbocycles. The van der Waals surface area contributed by atoms with Crippen LogP contribution in [0.2, 0.25) is 0 Å². The largest absolute Gasteiger partial charge is 0.0804 e. The van der Waals surface area contributed by atoms with E-state index in [0.717, 1.165) is 11.8 Å². The first kappa shape index (κ1) is 23.4. The normalized spacial score (nSPS) is 21.9. The van der Waals surface area contributed by atoms with E-state index in [4.69, 9.17) is 0 Å². The Morgan fingerprint density at radius 2 is 1.13 bits per heavy atom. The smallest absolute Gasteiger partial charge is 0.0227 e. The third kappa shape index (κ3) is 7.44. The Morgan fingerprint density at radius 1 is 0.633 bits per heavy atom. The predicted molar refractivity (Wildman–Crippen MR) is 135 cm³/mol. The minimum Gasteiger partial charge on any atom is -0.0804 e. The van der Waals surface area contributed by atoms with Crippen molar-refractivity contribution in [2.45, 2.75) is 117 Å². The van der Waals surface area contributed by atoms with Gasteiger partial charge in [0, 0.05) is 0 Å². The number of benzene rings is 1. The average Bonchev–Trinajstić information content (AvgIpc) is 2.81. The molecule has 0 bridgehead atoms. The molecule has 0 fully saturated rings. The van der Waals surface area contributed by atoms with E-state index in [1.54, 1.807) is 11.1 Å². The van der Waals surface area contributed by atoms with Gasteiger partial charge in [-0.1, -0.05) is 114 Å². The summed E-state index contributed by atoms with van der Waals surface area (Å²) in [6.07, 6.45) is 27.2. The Labute approximate surface area is 187 Å². The van der Waals surface area contributed by atoms with Crippen LogP contribution in [0.25, 0.3) is 11.1 Å². The van der Waals surface area contributed by atoms with Gasteiger partial charge in [-0.05, 0) is 72.6 Å². The van der Waals surface area contributed by atoms with Gasteiger partial charge in [-0.3, -0.25) is 0 Å². The van der Waals surface area contributed by atoms with Gasteiger partial charge in [0.2, 0.25) is 0 Å². The monoisotopic (exact) mass is 406 g/mol. The standard InChI is InChI=1S/C30H46/c1-3-5-6-7-8-9-10-11-12-26-15-19-28(20-16-26)30-23-21-29(22-24-30)27-17-13-25(4-2)14-18-27/h17,19,21-26H,3-16,18,20H2,1-2H3. The van der Waals surface area contributed by atoms with Crippen molar-refractivity contribution in [1.82, 2.24) is 0 Å². The van der Waals surface area contributed by atoms with Gasteiger partial charge in [0.25, 0.3) is 0 Å². The molecule has 0 saturated heterocycles. The second kappa shape index (κ2) is 13.2. The Bertz CT molecular complexity index is 660. The second-order valence-corrected chi connectivity index (χ2v) is 9.99. The number of unbranched alkanes of at least 4 members (excludes halogenated alkanes) is 7. The summed E-state index contributed by atoms with van der Waals surface area (Å²) < 4.78 is 0. The van der Waals surface area contributed by atoms with Crippen molar-refractivity contribution in [2.24, 2.45) is 11.8 Å². The highest BCUT2D eigenvalue weighted by Crippen LogP contribution is 2.35. The molecule has 0 heterocycles. The van der Waals surface area contributed by atoms with Crippen LogP contribution in [0, 0.1) is 11.8 Å². The average molecular weight is 407 g/mol. The zero-order chi connectivity index (χ0) is 21.0. The molecule has 1 aromatic carbocycles. The Balaban J connectivity index is 1.37. The van der Waals surface area contributed by atoms with Gasteiger partial charge in [-0.2, -0.15) is 0 Å². The van der Waals surface area contributed by atoms with Crippen molar-refractivity contribution in [1.29, 1.82) is 0 Å². The molecule has 166 valence electrons. The van der Waals surface area contributed by atoms with Crippen LogP contribution >= 0.6 is 0 Å². The fourth-order valence-corrected chi connectivity index (χ4v) is 5.40. The van der Waals surface area contributed by atoms with Crippen LogP contribution in [0.4, 0.5) is 0 Å². The highest BCUT2D eigenvalue weighted by Gasteiger charge is 2.16. The zero-order valence-corrected chi connectivity index (χ0v) is 19.9.